The zero-order valence-electron chi connectivity index (χ0n) is 30.1. The van der Waals surface area contributed by atoms with Gasteiger partial charge in [0.1, 0.15) is 46.8 Å². The van der Waals surface area contributed by atoms with Crippen LogP contribution >= 0.6 is 0 Å². The first-order valence-electron chi connectivity index (χ1n) is 18.0. The summed E-state index contributed by atoms with van der Waals surface area (Å²) in [7, 11) is 0. The Morgan fingerprint density at radius 2 is 1.92 bits per heavy atom. The van der Waals surface area contributed by atoms with Gasteiger partial charge >= 0.3 is 0 Å². The van der Waals surface area contributed by atoms with Crippen molar-refractivity contribution in [1.82, 2.24) is 34.4 Å². The third kappa shape index (κ3) is 7.92. The minimum absolute atomic E-state index is 0.117. The summed E-state index contributed by atoms with van der Waals surface area (Å²) in [5, 5.41) is 15.2. The minimum atomic E-state index is -0.541. The van der Waals surface area contributed by atoms with E-state index >= 15 is 4.39 Å². The Labute approximate surface area is 303 Å². The van der Waals surface area contributed by atoms with Gasteiger partial charge in [-0.3, -0.25) is 14.5 Å². The maximum atomic E-state index is 15.7. The van der Waals surface area contributed by atoms with Crippen LogP contribution in [0.4, 0.5) is 10.2 Å². The van der Waals surface area contributed by atoms with E-state index in [1.807, 2.05) is 30.0 Å². The Morgan fingerprint density at radius 3 is 2.65 bits per heavy atom. The van der Waals surface area contributed by atoms with Crippen LogP contribution in [0.1, 0.15) is 65.3 Å². The first-order chi connectivity index (χ1) is 25.1. The fourth-order valence-corrected chi connectivity index (χ4v) is 7.17. The number of piperidine rings is 1. The van der Waals surface area contributed by atoms with E-state index in [9.17, 15) is 14.9 Å². The number of nitriles is 1. The fourth-order valence-electron chi connectivity index (χ4n) is 7.17. The number of likely N-dealkylation sites (N-methyl/N-ethyl adjacent to an activating group) is 1. The molecule has 2 N–H and O–H groups in total. The molecule has 12 nitrogen and oxygen atoms in total. The summed E-state index contributed by atoms with van der Waals surface area (Å²) in [5.74, 6) is 0.417. The smallest absolute Gasteiger partial charge is 0.264 e. The van der Waals surface area contributed by atoms with Crippen LogP contribution in [0.2, 0.25) is 0 Å². The molecule has 4 heterocycles. The Bertz CT molecular complexity index is 1990. The van der Waals surface area contributed by atoms with Crippen molar-refractivity contribution in [3.8, 4) is 28.8 Å². The molecule has 2 aromatic carbocycles. The number of carbonyl (C=O) groups excluding carboxylic acids is 2. The van der Waals surface area contributed by atoms with Crippen molar-refractivity contribution in [3.05, 3.63) is 72.3 Å². The summed E-state index contributed by atoms with van der Waals surface area (Å²) in [6, 6.07) is 15.5. The zero-order chi connectivity index (χ0) is 36.8. The van der Waals surface area contributed by atoms with E-state index < -0.39 is 5.82 Å². The molecule has 2 fully saturated rings. The van der Waals surface area contributed by atoms with Gasteiger partial charge in [0.2, 0.25) is 5.91 Å². The molecule has 0 spiro atoms. The highest BCUT2D eigenvalue weighted by Gasteiger charge is 2.33. The second-order valence-corrected chi connectivity index (χ2v) is 14.0. The third-order valence-corrected chi connectivity index (χ3v) is 10.2. The lowest BCUT2D eigenvalue weighted by atomic mass is 9.93. The predicted molar refractivity (Wildman–Crippen MR) is 197 cm³/mol. The molecule has 2 aliphatic rings. The number of nitrogens with two attached hydrogens (primary N) is 1. The molecule has 0 aliphatic carbocycles. The van der Waals surface area contributed by atoms with Crippen molar-refractivity contribution in [2.24, 2.45) is 0 Å². The van der Waals surface area contributed by atoms with Gasteiger partial charge < -0.3 is 20.3 Å². The highest BCUT2D eigenvalue weighted by Crippen LogP contribution is 2.36. The third-order valence-electron chi connectivity index (χ3n) is 10.2. The lowest BCUT2D eigenvalue weighted by Gasteiger charge is -2.43. The van der Waals surface area contributed by atoms with E-state index in [1.54, 1.807) is 39.9 Å². The number of benzene rings is 2. The van der Waals surface area contributed by atoms with Crippen LogP contribution in [0.3, 0.4) is 0 Å². The fraction of sp³-hybridized carbons (Fsp3) is 0.436. The number of nitrogen functional groups attached to an aromatic ring is 1. The average Bonchev–Trinajstić information content (AvgIpc) is 3.54. The largest absolute Gasteiger partial charge is 0.457 e. The number of ether oxygens (including phenoxy) is 1. The topological polar surface area (TPSA) is 146 Å². The van der Waals surface area contributed by atoms with E-state index in [4.69, 9.17) is 15.6 Å². The van der Waals surface area contributed by atoms with Crippen molar-refractivity contribution in [2.75, 3.05) is 45.0 Å². The van der Waals surface area contributed by atoms with Gasteiger partial charge in [0.15, 0.2) is 5.65 Å². The Balaban J connectivity index is 1.12. The highest BCUT2D eigenvalue weighted by atomic mass is 19.1. The molecule has 1 atom stereocenters. The number of amides is 2. The number of allylic oxidation sites excluding steroid dienone is 1. The molecule has 0 bridgehead atoms. The molecule has 272 valence electrons. The maximum Gasteiger partial charge on any atom is 0.264 e. The van der Waals surface area contributed by atoms with Gasteiger partial charge in [-0.25, -0.2) is 19.0 Å². The Kier molecular flexibility index (Phi) is 11.1. The van der Waals surface area contributed by atoms with Crippen LogP contribution < -0.4 is 10.5 Å². The first-order valence-corrected chi connectivity index (χ1v) is 18.0. The van der Waals surface area contributed by atoms with Gasteiger partial charge in [-0.1, -0.05) is 30.7 Å². The molecule has 0 radical (unpaired) electrons. The summed E-state index contributed by atoms with van der Waals surface area (Å²) in [6.45, 7) is 9.97. The van der Waals surface area contributed by atoms with Gasteiger partial charge in [0.25, 0.3) is 5.91 Å². The molecule has 52 heavy (non-hydrogen) atoms. The second-order valence-electron chi connectivity index (χ2n) is 14.0. The molecule has 0 saturated carbocycles. The molecule has 2 amide bonds. The van der Waals surface area contributed by atoms with E-state index in [0.29, 0.717) is 67.1 Å². The zero-order valence-corrected chi connectivity index (χ0v) is 30.1. The van der Waals surface area contributed by atoms with Crippen LogP contribution in [-0.2, 0) is 9.59 Å². The van der Waals surface area contributed by atoms with Crippen molar-refractivity contribution in [1.29, 1.82) is 5.26 Å². The summed E-state index contributed by atoms with van der Waals surface area (Å²) >= 11 is 0. The normalized spacial score (nSPS) is 17.4. The molecule has 2 saturated heterocycles. The molecule has 6 rings (SSSR count). The number of unbranched alkanes of at least 4 members (excludes halogenated alkanes) is 2. The number of carbonyl (C=O) groups is 2. The predicted octanol–water partition coefficient (Wildman–Crippen LogP) is 6.12. The van der Waals surface area contributed by atoms with Crippen molar-refractivity contribution < 1.29 is 18.7 Å². The van der Waals surface area contributed by atoms with Gasteiger partial charge in [0, 0.05) is 49.9 Å². The first kappa shape index (κ1) is 36.4. The molecular weight excluding hydrogens is 661 g/mol. The molecule has 13 heteroatoms. The van der Waals surface area contributed by atoms with E-state index in [2.05, 4.69) is 34.8 Å². The number of hydrogen-bond donors (Lipinski definition) is 1. The lowest BCUT2D eigenvalue weighted by Crippen LogP contribution is -2.57. The van der Waals surface area contributed by atoms with Crippen molar-refractivity contribution in [3.63, 3.8) is 0 Å². The van der Waals surface area contributed by atoms with Crippen LogP contribution in [0.25, 0.3) is 22.3 Å². The summed E-state index contributed by atoms with van der Waals surface area (Å²) < 4.78 is 23.2. The molecular formula is C39H46FN9O3. The number of aromatic nitrogens is 4. The number of rotatable bonds is 12. The molecule has 0 unspecified atom stereocenters. The van der Waals surface area contributed by atoms with E-state index in [0.717, 1.165) is 38.9 Å². The second kappa shape index (κ2) is 15.9. The summed E-state index contributed by atoms with van der Waals surface area (Å²) in [6.07, 6.45) is 7.74. The Hall–Kier alpha value is -5.35. The monoisotopic (exact) mass is 707 g/mol. The number of likely N-dealkylation sites (tertiary alicyclic amines) is 1. The number of piperazine rings is 1. The Morgan fingerprint density at radius 1 is 1.12 bits per heavy atom. The highest BCUT2D eigenvalue weighted by molar-refractivity contribution is 5.99. The molecule has 2 aromatic heterocycles. The average molecular weight is 708 g/mol. The summed E-state index contributed by atoms with van der Waals surface area (Å²) in [5.41, 5.74) is 7.30. The van der Waals surface area contributed by atoms with Crippen molar-refractivity contribution >= 4 is 28.7 Å². The molecule has 4 aromatic rings. The van der Waals surface area contributed by atoms with Crippen LogP contribution in [-0.4, -0.2) is 91.1 Å². The maximum absolute atomic E-state index is 15.7. The van der Waals surface area contributed by atoms with Gasteiger partial charge in [0.05, 0.1) is 18.0 Å². The number of fused-ring (bicyclic) bond motifs is 1. The van der Waals surface area contributed by atoms with Gasteiger partial charge in [-0.15, -0.1) is 0 Å². The number of anilines is 1. The van der Waals surface area contributed by atoms with Gasteiger partial charge in [-0.05, 0) is 77.1 Å². The van der Waals surface area contributed by atoms with Crippen LogP contribution in [0, 0.1) is 17.1 Å². The lowest BCUT2D eigenvalue weighted by molar-refractivity contribution is -0.138. The quantitative estimate of drug-likeness (QED) is 0.104. The van der Waals surface area contributed by atoms with Crippen molar-refractivity contribution in [2.45, 2.75) is 70.9 Å². The van der Waals surface area contributed by atoms with Crippen LogP contribution in [0.5, 0.6) is 11.5 Å². The van der Waals surface area contributed by atoms with Crippen LogP contribution in [0.15, 0.2) is 66.5 Å². The minimum Gasteiger partial charge on any atom is -0.457 e. The number of para-hydroxylation sites is 1. The van der Waals surface area contributed by atoms with E-state index in [-0.39, 0.29) is 40.3 Å². The molecule has 2 aliphatic heterocycles. The number of nitrogens with zero attached hydrogens (tertiary/aromatic N) is 8. The number of hydrogen-bond acceptors (Lipinski definition) is 9. The van der Waals surface area contributed by atoms with E-state index in [1.165, 1.54) is 12.4 Å². The standard InChI is InChI=1S/C39H46FN9O3/c1-4-46-20-21-48(25-33(46)50)39(2,3)18-10-6-7-12-27(23-41)38(51)47-19-11-13-28(24-47)49-37-34(36(42)43-26-44-37)35(45-49)31-17-16-30(22-32(31)40)52-29-14-8-5-9-15-29/h5,8-9,12,14-17,22,26,28H,4,6-7,10-11,13,18-21,24-25H2,1-3H3,(H2,42,43,44)/b27-12+/t28-/m1/s1. The number of halogens is 1. The SMILES string of the molecule is CCN1CCN(C(C)(C)CCCC/C=C(\C#N)C(=O)N2CCC[C@@H](n3nc(-c4ccc(Oc5ccccc5)cc4F)c4c(N)ncnc43)C2)CC1=O. The van der Waals surface area contributed by atoms with Gasteiger partial charge in [-0.2, -0.15) is 10.4 Å². The summed E-state index contributed by atoms with van der Waals surface area (Å²) in [4.78, 5) is 40.5.